The minimum Gasteiger partial charge on any atom is -0.354 e. The van der Waals surface area contributed by atoms with Gasteiger partial charge in [-0.3, -0.25) is 0 Å². The SMILES string of the molecule is CCCc1cc(CNC)cc(N(C)Cc2csc(C)n2)n1. The Morgan fingerprint density at radius 1 is 1.24 bits per heavy atom. The number of thiazole rings is 1. The van der Waals surface area contributed by atoms with Crippen LogP contribution >= 0.6 is 11.3 Å². The van der Waals surface area contributed by atoms with Crippen molar-refractivity contribution in [3.05, 3.63) is 39.5 Å². The fourth-order valence-electron chi connectivity index (χ4n) is 2.32. The van der Waals surface area contributed by atoms with Gasteiger partial charge in [-0.05, 0) is 38.1 Å². The third-order valence-electron chi connectivity index (χ3n) is 3.27. The van der Waals surface area contributed by atoms with Crippen LogP contribution in [-0.2, 0) is 19.5 Å². The first-order valence-corrected chi connectivity index (χ1v) is 8.27. The topological polar surface area (TPSA) is 41.0 Å². The minimum absolute atomic E-state index is 0.798. The number of nitrogens with one attached hydrogen (secondary N) is 1. The van der Waals surface area contributed by atoms with Gasteiger partial charge in [0.2, 0.25) is 0 Å². The van der Waals surface area contributed by atoms with Gasteiger partial charge in [-0.2, -0.15) is 0 Å². The van der Waals surface area contributed by atoms with E-state index in [0.29, 0.717) is 0 Å². The molecule has 0 aliphatic carbocycles. The molecule has 0 unspecified atom stereocenters. The molecule has 0 saturated heterocycles. The number of aromatic nitrogens is 2. The molecule has 0 bridgehead atoms. The molecule has 0 radical (unpaired) electrons. The van der Waals surface area contributed by atoms with Gasteiger partial charge < -0.3 is 10.2 Å². The van der Waals surface area contributed by atoms with Crippen molar-refractivity contribution in [1.29, 1.82) is 0 Å². The van der Waals surface area contributed by atoms with E-state index in [0.717, 1.165) is 42.5 Å². The van der Waals surface area contributed by atoms with Crippen molar-refractivity contribution in [2.24, 2.45) is 0 Å². The van der Waals surface area contributed by atoms with Gasteiger partial charge in [0.15, 0.2) is 0 Å². The summed E-state index contributed by atoms with van der Waals surface area (Å²) in [7, 11) is 4.05. The van der Waals surface area contributed by atoms with Crippen LogP contribution in [0.3, 0.4) is 0 Å². The predicted octanol–water partition coefficient (Wildman–Crippen LogP) is 3.15. The van der Waals surface area contributed by atoms with Crippen LogP contribution in [0.1, 0.15) is 35.3 Å². The Morgan fingerprint density at radius 2 is 2.05 bits per heavy atom. The van der Waals surface area contributed by atoms with Crippen molar-refractivity contribution in [3.8, 4) is 0 Å². The average molecular weight is 304 g/mol. The normalized spacial score (nSPS) is 10.9. The summed E-state index contributed by atoms with van der Waals surface area (Å²) < 4.78 is 0. The fraction of sp³-hybridized carbons (Fsp3) is 0.500. The smallest absolute Gasteiger partial charge is 0.129 e. The first kappa shape index (κ1) is 15.9. The van der Waals surface area contributed by atoms with Gasteiger partial charge in [0.25, 0.3) is 0 Å². The van der Waals surface area contributed by atoms with E-state index in [1.807, 2.05) is 14.0 Å². The summed E-state index contributed by atoms with van der Waals surface area (Å²) in [5, 5.41) is 6.45. The summed E-state index contributed by atoms with van der Waals surface area (Å²) in [5.74, 6) is 1.02. The van der Waals surface area contributed by atoms with Gasteiger partial charge in [-0.25, -0.2) is 9.97 Å². The molecule has 1 N–H and O–H groups in total. The lowest BCUT2D eigenvalue weighted by Crippen LogP contribution is -2.19. The molecule has 2 aromatic rings. The van der Waals surface area contributed by atoms with E-state index in [2.05, 4.69) is 46.7 Å². The van der Waals surface area contributed by atoms with Gasteiger partial charge >= 0.3 is 0 Å². The lowest BCUT2D eigenvalue weighted by atomic mass is 10.1. The fourth-order valence-corrected chi connectivity index (χ4v) is 2.93. The second-order valence-corrected chi connectivity index (χ2v) is 6.38. The number of anilines is 1. The van der Waals surface area contributed by atoms with Gasteiger partial charge in [0.05, 0.1) is 17.2 Å². The van der Waals surface area contributed by atoms with E-state index in [1.54, 1.807) is 11.3 Å². The molecule has 5 heteroatoms. The van der Waals surface area contributed by atoms with Crippen LogP contribution in [0.25, 0.3) is 0 Å². The predicted molar refractivity (Wildman–Crippen MR) is 90.0 cm³/mol. The summed E-state index contributed by atoms with van der Waals surface area (Å²) >= 11 is 1.70. The molecule has 2 rings (SSSR count). The highest BCUT2D eigenvalue weighted by Crippen LogP contribution is 2.18. The van der Waals surface area contributed by atoms with E-state index in [1.165, 1.54) is 11.3 Å². The summed E-state index contributed by atoms with van der Waals surface area (Å²) in [6.45, 7) is 5.90. The van der Waals surface area contributed by atoms with Gasteiger partial charge in [0, 0.05) is 24.7 Å². The van der Waals surface area contributed by atoms with Crippen LogP contribution in [0.15, 0.2) is 17.5 Å². The number of rotatable bonds is 7. The van der Waals surface area contributed by atoms with E-state index in [-0.39, 0.29) is 0 Å². The van der Waals surface area contributed by atoms with E-state index in [4.69, 9.17) is 4.98 Å². The zero-order chi connectivity index (χ0) is 15.2. The van der Waals surface area contributed by atoms with Crippen molar-refractivity contribution in [3.63, 3.8) is 0 Å². The Balaban J connectivity index is 2.19. The molecule has 0 aliphatic rings. The van der Waals surface area contributed by atoms with Gasteiger partial charge in [0.1, 0.15) is 5.82 Å². The highest BCUT2D eigenvalue weighted by molar-refractivity contribution is 7.09. The molecule has 2 heterocycles. The first-order chi connectivity index (χ1) is 10.1. The molecule has 0 aliphatic heterocycles. The second-order valence-electron chi connectivity index (χ2n) is 5.32. The van der Waals surface area contributed by atoms with Crippen LogP contribution < -0.4 is 10.2 Å². The Labute approximate surface area is 131 Å². The Hall–Kier alpha value is -1.46. The van der Waals surface area contributed by atoms with Crippen LogP contribution in [0, 0.1) is 6.92 Å². The van der Waals surface area contributed by atoms with Crippen LogP contribution in [0.2, 0.25) is 0 Å². The third kappa shape index (κ3) is 4.51. The minimum atomic E-state index is 0.798. The molecule has 0 aromatic carbocycles. The molecule has 114 valence electrons. The monoisotopic (exact) mass is 304 g/mol. The van der Waals surface area contributed by atoms with Crippen LogP contribution in [0.5, 0.6) is 0 Å². The molecule has 4 nitrogen and oxygen atoms in total. The molecule has 0 spiro atoms. The van der Waals surface area contributed by atoms with Crippen LogP contribution in [-0.4, -0.2) is 24.1 Å². The summed E-state index contributed by atoms with van der Waals surface area (Å²) in [6, 6.07) is 4.36. The number of hydrogen-bond donors (Lipinski definition) is 1. The first-order valence-electron chi connectivity index (χ1n) is 7.39. The Bertz CT molecular complexity index is 555. The molecule has 0 fully saturated rings. The zero-order valence-electron chi connectivity index (χ0n) is 13.3. The molecule has 0 saturated carbocycles. The summed E-state index contributed by atoms with van der Waals surface area (Å²) in [5.41, 5.74) is 3.56. The Morgan fingerprint density at radius 3 is 2.67 bits per heavy atom. The van der Waals surface area contributed by atoms with E-state index >= 15 is 0 Å². The highest BCUT2D eigenvalue weighted by Gasteiger charge is 2.09. The molecule has 0 atom stereocenters. The number of hydrogen-bond acceptors (Lipinski definition) is 5. The maximum absolute atomic E-state index is 4.78. The van der Waals surface area contributed by atoms with Crippen molar-refractivity contribution in [2.75, 3.05) is 19.0 Å². The summed E-state index contributed by atoms with van der Waals surface area (Å²) in [4.78, 5) is 11.5. The standard InChI is InChI=1S/C16H24N4S/c1-5-6-14-7-13(9-17-3)8-16(19-14)20(4)10-15-11-21-12(2)18-15/h7-8,11,17H,5-6,9-10H2,1-4H3. The zero-order valence-corrected chi connectivity index (χ0v) is 14.1. The average Bonchev–Trinajstić information content (AvgIpc) is 2.84. The molecule has 0 amide bonds. The van der Waals surface area contributed by atoms with Gasteiger partial charge in [-0.1, -0.05) is 13.3 Å². The summed E-state index contributed by atoms with van der Waals surface area (Å²) in [6.07, 6.45) is 2.14. The molecule has 2 aromatic heterocycles. The Kier molecular flexibility index (Phi) is 5.70. The number of pyridine rings is 1. The van der Waals surface area contributed by atoms with E-state index in [9.17, 15) is 0 Å². The van der Waals surface area contributed by atoms with Crippen molar-refractivity contribution in [2.45, 2.75) is 39.8 Å². The van der Waals surface area contributed by atoms with E-state index < -0.39 is 0 Å². The maximum atomic E-state index is 4.78. The maximum Gasteiger partial charge on any atom is 0.129 e. The van der Waals surface area contributed by atoms with Crippen molar-refractivity contribution >= 4 is 17.2 Å². The molecular formula is C16H24N4S. The van der Waals surface area contributed by atoms with Crippen molar-refractivity contribution < 1.29 is 0 Å². The third-order valence-corrected chi connectivity index (χ3v) is 4.09. The quantitative estimate of drug-likeness (QED) is 0.853. The number of aryl methyl sites for hydroxylation is 2. The van der Waals surface area contributed by atoms with Crippen LogP contribution in [0.4, 0.5) is 5.82 Å². The lowest BCUT2D eigenvalue weighted by molar-refractivity contribution is 0.794. The highest BCUT2D eigenvalue weighted by atomic mass is 32.1. The van der Waals surface area contributed by atoms with Gasteiger partial charge in [-0.15, -0.1) is 11.3 Å². The lowest BCUT2D eigenvalue weighted by Gasteiger charge is -2.19. The van der Waals surface area contributed by atoms with Crippen molar-refractivity contribution in [1.82, 2.24) is 15.3 Å². The molecule has 21 heavy (non-hydrogen) atoms. The number of nitrogens with zero attached hydrogens (tertiary/aromatic N) is 3. The largest absolute Gasteiger partial charge is 0.354 e. The second kappa shape index (κ2) is 7.52. The molecular weight excluding hydrogens is 280 g/mol.